The third-order valence-electron chi connectivity index (χ3n) is 1.94. The second-order valence-electron chi connectivity index (χ2n) is 3.15. The Hall–Kier alpha value is -1.89. The predicted octanol–water partition coefficient (Wildman–Crippen LogP) is 1.89. The van der Waals surface area contributed by atoms with Crippen molar-refractivity contribution in [2.75, 3.05) is 5.32 Å². The molecule has 0 aliphatic rings. The summed E-state index contributed by atoms with van der Waals surface area (Å²) in [5.41, 5.74) is 0.0123. The number of carbonyl (C=O) groups excluding carboxylic acids is 1. The van der Waals surface area contributed by atoms with E-state index < -0.39 is 11.9 Å². The maximum absolute atomic E-state index is 12.8. The molecule has 88 valence electrons. The second-order valence-corrected chi connectivity index (χ2v) is 4.22. The molecule has 0 bridgehead atoms. The summed E-state index contributed by atoms with van der Waals surface area (Å²) in [5, 5.41) is 11.4. The highest BCUT2D eigenvalue weighted by Crippen LogP contribution is 2.16. The average molecular weight is 252 g/mol. The summed E-state index contributed by atoms with van der Waals surface area (Å²) in [6, 6.07) is 4.03. The molecule has 0 fully saturated rings. The van der Waals surface area contributed by atoms with Crippen LogP contribution in [0, 0.1) is 5.95 Å². The van der Waals surface area contributed by atoms with E-state index in [9.17, 15) is 9.18 Å². The fourth-order valence-corrected chi connectivity index (χ4v) is 1.82. The lowest BCUT2D eigenvalue weighted by molar-refractivity contribution is 0.102. The molecule has 0 aromatic carbocycles. The van der Waals surface area contributed by atoms with Crippen LogP contribution in [0.4, 0.5) is 9.52 Å². The summed E-state index contributed by atoms with van der Waals surface area (Å²) in [6.45, 7) is 1.94. The molecule has 0 radical (unpaired) electrons. The van der Waals surface area contributed by atoms with Gasteiger partial charge in [0, 0.05) is 0 Å². The van der Waals surface area contributed by atoms with Crippen molar-refractivity contribution >= 4 is 22.4 Å². The second kappa shape index (κ2) is 4.96. The minimum Gasteiger partial charge on any atom is -0.295 e. The van der Waals surface area contributed by atoms with E-state index in [1.807, 2.05) is 6.92 Å². The smallest absolute Gasteiger partial charge is 0.276 e. The molecular weight excluding hydrogens is 243 g/mol. The van der Waals surface area contributed by atoms with Crippen LogP contribution in [0.15, 0.2) is 18.2 Å². The number of nitrogens with zero attached hydrogens (tertiary/aromatic N) is 3. The van der Waals surface area contributed by atoms with Gasteiger partial charge in [0.1, 0.15) is 10.7 Å². The molecule has 0 atom stereocenters. The van der Waals surface area contributed by atoms with Crippen LogP contribution in [0.2, 0.25) is 0 Å². The van der Waals surface area contributed by atoms with Crippen LogP contribution in [0.3, 0.4) is 0 Å². The van der Waals surface area contributed by atoms with Crippen molar-refractivity contribution in [3.8, 4) is 0 Å². The van der Waals surface area contributed by atoms with Crippen molar-refractivity contribution in [1.82, 2.24) is 15.2 Å². The molecule has 0 saturated heterocycles. The van der Waals surface area contributed by atoms with Gasteiger partial charge in [0.15, 0.2) is 0 Å². The number of pyridine rings is 1. The summed E-state index contributed by atoms with van der Waals surface area (Å²) < 4.78 is 12.8. The average Bonchev–Trinajstić information content (AvgIpc) is 2.77. The highest BCUT2D eigenvalue weighted by atomic mass is 32.1. The standard InChI is InChI=1S/C10H9FN4OS/c1-2-8-14-15-10(17-8)13-9(16)6-4-3-5-7(11)12-6/h3-5H,2H2,1H3,(H,13,15,16). The normalized spacial score (nSPS) is 10.2. The zero-order valence-electron chi connectivity index (χ0n) is 8.98. The third kappa shape index (κ3) is 2.82. The first-order valence-corrected chi connectivity index (χ1v) is 5.77. The molecular formula is C10H9FN4OS. The van der Waals surface area contributed by atoms with E-state index in [0.717, 1.165) is 11.4 Å². The van der Waals surface area contributed by atoms with Gasteiger partial charge in [0.2, 0.25) is 11.1 Å². The van der Waals surface area contributed by atoms with Gasteiger partial charge in [-0.05, 0) is 18.6 Å². The number of aryl methyl sites for hydroxylation is 1. The maximum atomic E-state index is 12.8. The molecule has 5 nitrogen and oxygen atoms in total. The minimum absolute atomic E-state index is 0.0123. The Bertz CT molecular complexity index is 543. The van der Waals surface area contributed by atoms with E-state index in [2.05, 4.69) is 20.5 Å². The number of carbonyl (C=O) groups is 1. The molecule has 0 unspecified atom stereocenters. The Morgan fingerprint density at radius 2 is 2.29 bits per heavy atom. The number of nitrogens with one attached hydrogen (secondary N) is 1. The molecule has 1 N–H and O–H groups in total. The summed E-state index contributed by atoms with van der Waals surface area (Å²) in [6.07, 6.45) is 0.756. The van der Waals surface area contributed by atoms with Gasteiger partial charge in [-0.1, -0.05) is 24.3 Å². The van der Waals surface area contributed by atoms with E-state index in [1.54, 1.807) is 0 Å². The summed E-state index contributed by atoms with van der Waals surface area (Å²) in [4.78, 5) is 15.1. The van der Waals surface area contributed by atoms with E-state index in [4.69, 9.17) is 0 Å². The summed E-state index contributed by atoms with van der Waals surface area (Å²) in [5.74, 6) is -1.19. The van der Waals surface area contributed by atoms with Crippen LogP contribution in [0.25, 0.3) is 0 Å². The largest absolute Gasteiger partial charge is 0.295 e. The molecule has 0 aliphatic heterocycles. The van der Waals surface area contributed by atoms with E-state index in [-0.39, 0.29) is 5.69 Å². The Balaban J connectivity index is 2.11. The minimum atomic E-state index is -0.691. The highest BCUT2D eigenvalue weighted by molar-refractivity contribution is 7.15. The highest BCUT2D eigenvalue weighted by Gasteiger charge is 2.11. The van der Waals surface area contributed by atoms with Gasteiger partial charge in [0.25, 0.3) is 5.91 Å². The summed E-state index contributed by atoms with van der Waals surface area (Å²) >= 11 is 1.28. The van der Waals surface area contributed by atoms with Gasteiger partial charge in [-0.25, -0.2) is 4.98 Å². The topological polar surface area (TPSA) is 67.8 Å². The van der Waals surface area contributed by atoms with Gasteiger partial charge in [-0.15, -0.1) is 10.2 Å². The van der Waals surface area contributed by atoms with E-state index in [0.29, 0.717) is 5.13 Å². The van der Waals surface area contributed by atoms with Gasteiger partial charge >= 0.3 is 0 Å². The fourth-order valence-electron chi connectivity index (χ4n) is 1.14. The number of halogens is 1. The van der Waals surface area contributed by atoms with Crippen LogP contribution in [-0.4, -0.2) is 21.1 Å². The maximum Gasteiger partial charge on any atom is 0.276 e. The van der Waals surface area contributed by atoms with E-state index in [1.165, 1.54) is 29.5 Å². The lowest BCUT2D eigenvalue weighted by atomic mass is 10.3. The Labute approximate surface area is 101 Å². The molecule has 0 saturated carbocycles. The number of hydrogen-bond donors (Lipinski definition) is 1. The first-order chi connectivity index (χ1) is 8.19. The van der Waals surface area contributed by atoms with Gasteiger partial charge in [-0.2, -0.15) is 4.39 Å². The van der Waals surface area contributed by atoms with Crippen molar-refractivity contribution in [2.24, 2.45) is 0 Å². The van der Waals surface area contributed by atoms with Crippen LogP contribution >= 0.6 is 11.3 Å². The lowest BCUT2D eigenvalue weighted by Gasteiger charge is -1.99. The molecule has 2 aromatic heterocycles. The first kappa shape index (κ1) is 11.6. The monoisotopic (exact) mass is 252 g/mol. The summed E-state index contributed by atoms with van der Waals surface area (Å²) in [7, 11) is 0. The van der Waals surface area contributed by atoms with Gasteiger partial charge in [0.05, 0.1) is 0 Å². The number of rotatable bonds is 3. The molecule has 2 aromatic rings. The predicted molar refractivity (Wildman–Crippen MR) is 61.4 cm³/mol. The number of aromatic nitrogens is 3. The zero-order valence-corrected chi connectivity index (χ0v) is 9.79. The quantitative estimate of drug-likeness (QED) is 0.847. The molecule has 0 aliphatic carbocycles. The van der Waals surface area contributed by atoms with Crippen molar-refractivity contribution in [3.05, 3.63) is 34.8 Å². The number of amides is 1. The van der Waals surface area contributed by atoms with Crippen LogP contribution in [0.5, 0.6) is 0 Å². The molecule has 2 heterocycles. The first-order valence-electron chi connectivity index (χ1n) is 4.95. The number of hydrogen-bond acceptors (Lipinski definition) is 5. The van der Waals surface area contributed by atoms with E-state index >= 15 is 0 Å². The molecule has 17 heavy (non-hydrogen) atoms. The zero-order chi connectivity index (χ0) is 12.3. The van der Waals surface area contributed by atoms with Crippen LogP contribution in [0.1, 0.15) is 22.4 Å². The van der Waals surface area contributed by atoms with Crippen molar-refractivity contribution in [2.45, 2.75) is 13.3 Å². The Morgan fingerprint density at radius 3 is 2.94 bits per heavy atom. The third-order valence-corrected chi connectivity index (χ3v) is 2.92. The molecule has 7 heteroatoms. The fraction of sp³-hybridized carbons (Fsp3) is 0.200. The van der Waals surface area contributed by atoms with Gasteiger partial charge < -0.3 is 0 Å². The molecule has 2 rings (SSSR count). The molecule has 1 amide bonds. The van der Waals surface area contributed by atoms with Crippen LogP contribution < -0.4 is 5.32 Å². The van der Waals surface area contributed by atoms with Crippen molar-refractivity contribution < 1.29 is 9.18 Å². The van der Waals surface area contributed by atoms with Crippen molar-refractivity contribution in [3.63, 3.8) is 0 Å². The lowest BCUT2D eigenvalue weighted by Crippen LogP contribution is -2.13. The Kier molecular flexibility index (Phi) is 3.38. The van der Waals surface area contributed by atoms with Gasteiger partial charge in [-0.3, -0.25) is 10.1 Å². The molecule has 0 spiro atoms. The van der Waals surface area contributed by atoms with Crippen molar-refractivity contribution in [1.29, 1.82) is 0 Å². The number of anilines is 1. The Morgan fingerprint density at radius 1 is 1.47 bits per heavy atom. The van der Waals surface area contributed by atoms with Crippen LogP contribution in [-0.2, 0) is 6.42 Å². The SMILES string of the molecule is CCc1nnc(NC(=O)c2cccc(F)n2)s1.